The van der Waals surface area contributed by atoms with E-state index < -0.39 is 10.0 Å². The molecule has 1 aliphatic rings. The number of hydrogen-bond donors (Lipinski definition) is 0. The molecule has 0 unspecified atom stereocenters. The molecular weight excluding hydrogens is 456 g/mol. The summed E-state index contributed by atoms with van der Waals surface area (Å²) in [5.74, 6) is 0.806. The van der Waals surface area contributed by atoms with E-state index in [2.05, 4.69) is 15.3 Å². The van der Waals surface area contributed by atoms with Gasteiger partial charge in [-0.1, -0.05) is 30.3 Å². The summed E-state index contributed by atoms with van der Waals surface area (Å²) in [6.07, 6.45) is 1.63. The summed E-state index contributed by atoms with van der Waals surface area (Å²) in [5.41, 5.74) is 2.48. The van der Waals surface area contributed by atoms with Crippen LogP contribution in [0.1, 0.15) is 5.01 Å². The molecule has 33 heavy (non-hydrogen) atoms. The van der Waals surface area contributed by atoms with Gasteiger partial charge in [0.1, 0.15) is 15.7 Å². The fraction of sp³-hybridized carbons (Fsp3) is 0.250. The molecule has 1 fully saturated rings. The highest BCUT2D eigenvalue weighted by Gasteiger charge is 2.30. The van der Waals surface area contributed by atoms with Gasteiger partial charge in [0.25, 0.3) is 0 Å². The molecule has 5 rings (SSSR count). The molecule has 0 atom stereocenters. The van der Waals surface area contributed by atoms with Gasteiger partial charge >= 0.3 is 0 Å². The van der Waals surface area contributed by atoms with Crippen LogP contribution in [0.5, 0.6) is 5.75 Å². The Labute approximate surface area is 197 Å². The third kappa shape index (κ3) is 4.49. The number of piperazine rings is 1. The largest absolute Gasteiger partial charge is 0.497 e. The zero-order valence-electron chi connectivity index (χ0n) is 18.2. The third-order valence-electron chi connectivity index (χ3n) is 5.82. The lowest BCUT2D eigenvalue weighted by molar-refractivity contribution is 0.181. The highest BCUT2D eigenvalue weighted by atomic mass is 32.2. The Morgan fingerprint density at radius 3 is 2.64 bits per heavy atom. The maximum atomic E-state index is 13.3. The zero-order chi connectivity index (χ0) is 22.8. The second-order valence-electron chi connectivity index (χ2n) is 7.87. The van der Waals surface area contributed by atoms with E-state index in [1.807, 2.05) is 42.5 Å². The fourth-order valence-corrected chi connectivity index (χ4v) is 6.47. The molecule has 2 aromatic carbocycles. The summed E-state index contributed by atoms with van der Waals surface area (Å²) in [7, 11) is -1.95. The van der Waals surface area contributed by atoms with Crippen LogP contribution in [-0.2, 0) is 16.6 Å². The van der Waals surface area contributed by atoms with Gasteiger partial charge in [-0.25, -0.2) is 13.4 Å². The molecule has 170 valence electrons. The Morgan fingerprint density at radius 2 is 1.82 bits per heavy atom. The first kappa shape index (κ1) is 22.0. The van der Waals surface area contributed by atoms with Crippen molar-refractivity contribution in [3.05, 3.63) is 71.2 Å². The van der Waals surface area contributed by atoms with E-state index in [1.54, 1.807) is 41.1 Å². The summed E-state index contributed by atoms with van der Waals surface area (Å²) < 4.78 is 33.5. The van der Waals surface area contributed by atoms with Crippen LogP contribution in [0.2, 0.25) is 0 Å². The van der Waals surface area contributed by atoms with Crippen LogP contribution in [0.25, 0.3) is 22.2 Å². The van der Waals surface area contributed by atoms with Crippen molar-refractivity contribution >= 4 is 32.3 Å². The molecule has 0 N–H and O–H groups in total. The molecule has 0 aliphatic carbocycles. The van der Waals surface area contributed by atoms with Crippen molar-refractivity contribution in [2.45, 2.75) is 11.4 Å². The maximum Gasteiger partial charge on any atom is 0.245 e. The zero-order valence-corrected chi connectivity index (χ0v) is 19.8. The summed E-state index contributed by atoms with van der Waals surface area (Å²) in [5, 5.41) is 3.90. The number of hydrogen-bond acceptors (Lipinski definition) is 7. The van der Waals surface area contributed by atoms with E-state index >= 15 is 0 Å². The van der Waals surface area contributed by atoms with Crippen molar-refractivity contribution in [1.29, 1.82) is 0 Å². The lowest BCUT2D eigenvalue weighted by atomic mass is 10.2. The van der Waals surface area contributed by atoms with Crippen LogP contribution in [0, 0.1) is 0 Å². The van der Waals surface area contributed by atoms with Crippen molar-refractivity contribution in [2.24, 2.45) is 0 Å². The van der Waals surface area contributed by atoms with Gasteiger partial charge in [-0.2, -0.15) is 4.31 Å². The molecule has 0 bridgehead atoms. The third-order valence-corrected chi connectivity index (χ3v) is 8.58. The quantitative estimate of drug-likeness (QED) is 0.417. The highest BCUT2D eigenvalue weighted by molar-refractivity contribution is 7.89. The number of para-hydroxylation sites is 1. The number of ether oxygens (including phenoxy) is 1. The minimum atomic E-state index is -3.60. The first-order chi connectivity index (χ1) is 16.0. The first-order valence-corrected chi connectivity index (χ1v) is 13.0. The molecule has 0 amide bonds. The van der Waals surface area contributed by atoms with Crippen molar-refractivity contribution in [3.8, 4) is 17.0 Å². The number of aromatic nitrogens is 2. The van der Waals surface area contributed by atoms with Gasteiger partial charge in [0, 0.05) is 48.7 Å². The Bertz CT molecular complexity index is 1370. The summed E-state index contributed by atoms with van der Waals surface area (Å²) in [6.45, 7) is 2.91. The number of sulfonamides is 1. The predicted molar refractivity (Wildman–Crippen MR) is 130 cm³/mol. The van der Waals surface area contributed by atoms with Gasteiger partial charge < -0.3 is 4.74 Å². The Morgan fingerprint density at radius 1 is 1.03 bits per heavy atom. The van der Waals surface area contributed by atoms with Gasteiger partial charge in [0.15, 0.2) is 0 Å². The predicted octanol–water partition coefficient (Wildman–Crippen LogP) is 3.87. The van der Waals surface area contributed by atoms with Crippen molar-refractivity contribution in [2.75, 3.05) is 33.3 Å². The maximum absolute atomic E-state index is 13.3. The monoisotopic (exact) mass is 480 g/mol. The summed E-state index contributed by atoms with van der Waals surface area (Å²) in [4.78, 5) is 11.6. The van der Waals surface area contributed by atoms with Gasteiger partial charge in [0.05, 0.1) is 24.9 Å². The standard InChI is InChI=1S/C24H24N4O3S2/c1-31-20-8-2-6-19(15-20)21-17-32-23(26-21)16-27-11-13-28(14-12-27)33(29,30)22-9-3-5-18-7-4-10-25-24(18)22/h2-10,15,17H,11-14,16H2,1H3. The molecule has 0 spiro atoms. The smallest absolute Gasteiger partial charge is 0.245 e. The van der Waals surface area contributed by atoms with E-state index in [-0.39, 0.29) is 4.90 Å². The molecule has 3 heterocycles. The topological polar surface area (TPSA) is 75.6 Å². The van der Waals surface area contributed by atoms with Crippen LogP contribution in [0.3, 0.4) is 0 Å². The van der Waals surface area contributed by atoms with Crippen molar-refractivity contribution in [3.63, 3.8) is 0 Å². The molecule has 0 saturated carbocycles. The summed E-state index contributed by atoms with van der Waals surface area (Å²) in [6, 6.07) is 16.9. The van der Waals surface area contributed by atoms with Crippen LogP contribution in [0.4, 0.5) is 0 Å². The Kier molecular flexibility index (Phi) is 6.11. The molecular formula is C24H24N4O3S2. The SMILES string of the molecule is COc1cccc(-c2csc(CN3CCN(S(=O)(=O)c4cccc5cccnc45)CC3)n2)c1. The number of nitrogens with zero attached hydrogens (tertiary/aromatic N) is 4. The first-order valence-electron chi connectivity index (χ1n) is 10.7. The van der Waals surface area contributed by atoms with E-state index in [0.717, 1.165) is 27.4 Å². The number of rotatable bonds is 6. The number of thiazole rings is 1. The molecule has 1 aliphatic heterocycles. The minimum Gasteiger partial charge on any atom is -0.497 e. The van der Waals surface area contributed by atoms with E-state index in [9.17, 15) is 8.42 Å². The van der Waals surface area contributed by atoms with E-state index in [4.69, 9.17) is 9.72 Å². The normalized spacial score (nSPS) is 15.7. The van der Waals surface area contributed by atoms with Crippen LogP contribution in [0.15, 0.2) is 71.1 Å². The molecule has 2 aromatic heterocycles. The molecule has 0 radical (unpaired) electrons. The number of fused-ring (bicyclic) bond motifs is 1. The van der Waals surface area contributed by atoms with Crippen LogP contribution < -0.4 is 4.74 Å². The van der Waals surface area contributed by atoms with E-state index in [1.165, 1.54) is 0 Å². The Balaban J connectivity index is 1.25. The van der Waals surface area contributed by atoms with Gasteiger partial charge in [0.2, 0.25) is 10.0 Å². The van der Waals surface area contributed by atoms with Crippen LogP contribution in [-0.4, -0.2) is 60.9 Å². The van der Waals surface area contributed by atoms with Gasteiger partial charge in [-0.05, 0) is 24.3 Å². The van der Waals surface area contributed by atoms with Crippen molar-refractivity contribution < 1.29 is 13.2 Å². The second kappa shape index (κ2) is 9.18. The molecule has 9 heteroatoms. The second-order valence-corrected chi connectivity index (χ2v) is 10.7. The van der Waals surface area contributed by atoms with E-state index in [0.29, 0.717) is 38.2 Å². The average molecular weight is 481 g/mol. The fourth-order valence-electron chi connectivity index (χ4n) is 4.04. The lowest BCUT2D eigenvalue weighted by Gasteiger charge is -2.33. The van der Waals surface area contributed by atoms with Gasteiger partial charge in [-0.15, -0.1) is 11.3 Å². The molecule has 1 saturated heterocycles. The molecule has 4 aromatic rings. The molecule has 7 nitrogen and oxygen atoms in total. The highest BCUT2D eigenvalue weighted by Crippen LogP contribution is 2.27. The number of methoxy groups -OCH3 is 1. The Hall–Kier alpha value is -2.85. The van der Waals surface area contributed by atoms with Crippen LogP contribution >= 0.6 is 11.3 Å². The summed E-state index contributed by atoms with van der Waals surface area (Å²) >= 11 is 1.62. The minimum absolute atomic E-state index is 0.275. The number of pyridine rings is 1. The van der Waals surface area contributed by atoms with Crippen molar-refractivity contribution in [1.82, 2.24) is 19.2 Å². The number of benzene rings is 2. The van der Waals surface area contributed by atoms with Gasteiger partial charge in [-0.3, -0.25) is 9.88 Å². The lowest BCUT2D eigenvalue weighted by Crippen LogP contribution is -2.48. The average Bonchev–Trinajstić information content (AvgIpc) is 3.32.